The van der Waals surface area contributed by atoms with Crippen molar-refractivity contribution in [3.05, 3.63) is 12.2 Å². The fourth-order valence-corrected chi connectivity index (χ4v) is 0.699. The molecule has 0 aromatic rings. The maximum absolute atomic E-state index is 10.9. The molecule has 0 amide bonds. The Morgan fingerprint density at radius 2 is 2.08 bits per heavy atom. The summed E-state index contributed by atoms with van der Waals surface area (Å²) in [6.45, 7) is 9.84. The van der Waals surface area contributed by atoms with Crippen molar-refractivity contribution >= 4 is 5.97 Å². The van der Waals surface area contributed by atoms with Crippen LogP contribution in [0, 0.1) is 0 Å². The van der Waals surface area contributed by atoms with E-state index in [9.17, 15) is 4.79 Å². The summed E-state index contributed by atoms with van der Waals surface area (Å²) in [5, 5.41) is 0. The third-order valence-corrected chi connectivity index (χ3v) is 1.26. The normalized spacial score (nSPS) is 10.2. The molecule has 0 N–H and O–H groups in total. The molecule has 0 rings (SSSR count). The van der Waals surface area contributed by atoms with Gasteiger partial charge in [0, 0.05) is 0 Å². The molecule has 0 saturated carbocycles. The van der Waals surface area contributed by atoms with Crippen molar-refractivity contribution in [2.75, 3.05) is 13.2 Å². The topological polar surface area (TPSA) is 35.5 Å². The van der Waals surface area contributed by atoms with Crippen molar-refractivity contribution in [2.45, 2.75) is 33.3 Å². The molecule has 0 bridgehead atoms. The first-order valence-corrected chi connectivity index (χ1v) is 4.44. The van der Waals surface area contributed by atoms with Gasteiger partial charge in [0.15, 0.2) is 0 Å². The minimum Gasteiger partial charge on any atom is -0.461 e. The minimum absolute atomic E-state index is 0.0332. The predicted molar refractivity (Wildman–Crippen MR) is 51.5 cm³/mol. The van der Waals surface area contributed by atoms with Crippen LogP contribution in [-0.2, 0) is 14.3 Å². The Hall–Kier alpha value is -0.830. The highest BCUT2D eigenvalue weighted by Gasteiger charge is 2.04. The summed E-state index contributed by atoms with van der Waals surface area (Å²) < 4.78 is 9.94. The Bertz CT molecular complexity index is 173. The largest absolute Gasteiger partial charge is 0.461 e. The number of carbonyl (C=O) groups excluding carboxylic acids is 1. The Morgan fingerprint density at radius 3 is 2.54 bits per heavy atom. The van der Waals surface area contributed by atoms with Crippen molar-refractivity contribution in [3.8, 4) is 0 Å². The van der Waals surface area contributed by atoms with E-state index in [1.54, 1.807) is 0 Å². The van der Waals surface area contributed by atoms with Crippen molar-refractivity contribution in [1.29, 1.82) is 0 Å². The second-order valence-electron chi connectivity index (χ2n) is 3.30. The predicted octanol–water partition coefficient (Wildman–Crippen LogP) is 1.92. The number of hydrogen-bond acceptors (Lipinski definition) is 3. The highest BCUT2D eigenvalue weighted by Crippen LogP contribution is 1.96. The summed E-state index contributed by atoms with van der Waals surface area (Å²) in [5.41, 5.74) is 1.05. The molecular formula is C10H18O3. The minimum atomic E-state index is -0.309. The van der Waals surface area contributed by atoms with Crippen LogP contribution in [0.5, 0.6) is 0 Å². The standard InChI is InChI=1S/C10H18O3/c1-8(2)5-6-12-7-10(11)13-9(3)4/h9H,1,5-7H2,2-4H3. The van der Waals surface area contributed by atoms with Crippen LogP contribution in [0.15, 0.2) is 12.2 Å². The molecule has 3 nitrogen and oxygen atoms in total. The molecule has 0 unspecified atom stereocenters. The molecule has 13 heavy (non-hydrogen) atoms. The molecular weight excluding hydrogens is 168 g/mol. The molecule has 0 heterocycles. The van der Waals surface area contributed by atoms with Gasteiger partial charge in [-0.1, -0.05) is 5.57 Å². The first-order valence-electron chi connectivity index (χ1n) is 4.44. The second-order valence-corrected chi connectivity index (χ2v) is 3.30. The van der Waals surface area contributed by atoms with Gasteiger partial charge in [0.25, 0.3) is 0 Å². The molecule has 0 atom stereocenters. The number of hydrogen-bond donors (Lipinski definition) is 0. The van der Waals surface area contributed by atoms with Crippen LogP contribution < -0.4 is 0 Å². The zero-order valence-electron chi connectivity index (χ0n) is 8.63. The third-order valence-electron chi connectivity index (χ3n) is 1.26. The zero-order valence-corrected chi connectivity index (χ0v) is 8.63. The Balaban J connectivity index is 3.32. The van der Waals surface area contributed by atoms with E-state index in [1.165, 1.54) is 0 Å². The monoisotopic (exact) mass is 186 g/mol. The Labute approximate surface area is 79.7 Å². The Kier molecular flexibility index (Phi) is 6.24. The molecule has 0 fully saturated rings. The van der Waals surface area contributed by atoms with Crippen LogP contribution in [-0.4, -0.2) is 25.3 Å². The summed E-state index contributed by atoms with van der Waals surface area (Å²) in [6.07, 6.45) is 0.715. The van der Waals surface area contributed by atoms with E-state index in [4.69, 9.17) is 9.47 Å². The molecule has 0 radical (unpaired) electrons. The lowest BCUT2D eigenvalue weighted by Crippen LogP contribution is -2.17. The summed E-state index contributed by atoms with van der Waals surface area (Å²) in [6, 6.07) is 0. The van der Waals surface area contributed by atoms with Crippen LogP contribution in [0.2, 0.25) is 0 Å². The molecule has 76 valence electrons. The van der Waals surface area contributed by atoms with Gasteiger partial charge >= 0.3 is 5.97 Å². The molecule has 0 saturated heterocycles. The fourth-order valence-electron chi connectivity index (χ4n) is 0.699. The quantitative estimate of drug-likeness (QED) is 0.361. The van der Waals surface area contributed by atoms with Gasteiger partial charge in [-0.2, -0.15) is 0 Å². The highest BCUT2D eigenvalue weighted by atomic mass is 16.6. The average Bonchev–Trinajstić information content (AvgIpc) is 1.96. The van der Waals surface area contributed by atoms with Gasteiger partial charge in [-0.25, -0.2) is 4.79 Å². The van der Waals surface area contributed by atoms with Crippen LogP contribution in [0.4, 0.5) is 0 Å². The second kappa shape index (κ2) is 6.66. The summed E-state index contributed by atoms with van der Waals surface area (Å²) in [7, 11) is 0. The van der Waals surface area contributed by atoms with Crippen molar-refractivity contribution < 1.29 is 14.3 Å². The SMILES string of the molecule is C=C(C)CCOCC(=O)OC(C)C. The molecule has 3 heteroatoms. The molecule has 0 aromatic carbocycles. The van der Waals surface area contributed by atoms with Crippen LogP contribution in [0.1, 0.15) is 27.2 Å². The van der Waals surface area contributed by atoms with Crippen molar-refractivity contribution in [1.82, 2.24) is 0 Å². The Morgan fingerprint density at radius 1 is 1.46 bits per heavy atom. The molecule has 0 aliphatic heterocycles. The lowest BCUT2D eigenvalue weighted by atomic mass is 10.3. The number of carbonyl (C=O) groups is 1. The number of ether oxygens (including phenoxy) is 2. The van der Waals surface area contributed by atoms with Gasteiger partial charge in [0.05, 0.1) is 12.7 Å². The summed E-state index contributed by atoms with van der Waals surface area (Å²) >= 11 is 0. The smallest absolute Gasteiger partial charge is 0.332 e. The maximum Gasteiger partial charge on any atom is 0.332 e. The molecule has 0 aliphatic rings. The van der Waals surface area contributed by atoms with Crippen LogP contribution in [0.25, 0.3) is 0 Å². The molecule has 0 aliphatic carbocycles. The van der Waals surface area contributed by atoms with E-state index < -0.39 is 0 Å². The van der Waals surface area contributed by atoms with Gasteiger partial charge in [-0.15, -0.1) is 6.58 Å². The first-order chi connectivity index (χ1) is 6.02. The maximum atomic E-state index is 10.9. The van der Waals surface area contributed by atoms with E-state index in [1.807, 2.05) is 20.8 Å². The van der Waals surface area contributed by atoms with Crippen LogP contribution in [0.3, 0.4) is 0 Å². The van der Waals surface area contributed by atoms with Crippen molar-refractivity contribution in [3.63, 3.8) is 0 Å². The van der Waals surface area contributed by atoms with E-state index in [2.05, 4.69) is 6.58 Å². The summed E-state index contributed by atoms with van der Waals surface area (Å²) in [4.78, 5) is 10.9. The average molecular weight is 186 g/mol. The number of esters is 1. The van der Waals surface area contributed by atoms with Gasteiger partial charge in [-0.05, 0) is 27.2 Å². The first kappa shape index (κ1) is 12.2. The summed E-state index contributed by atoms with van der Waals surface area (Å²) in [5.74, 6) is -0.309. The lowest BCUT2D eigenvalue weighted by molar-refractivity contribution is -0.152. The number of rotatable bonds is 6. The highest BCUT2D eigenvalue weighted by molar-refractivity contribution is 5.70. The van der Waals surface area contributed by atoms with E-state index >= 15 is 0 Å². The lowest BCUT2D eigenvalue weighted by Gasteiger charge is -2.07. The van der Waals surface area contributed by atoms with Gasteiger partial charge in [0.2, 0.25) is 0 Å². The van der Waals surface area contributed by atoms with Gasteiger partial charge < -0.3 is 9.47 Å². The zero-order chi connectivity index (χ0) is 10.3. The van der Waals surface area contributed by atoms with E-state index in [0.29, 0.717) is 6.61 Å². The van der Waals surface area contributed by atoms with Gasteiger partial charge in [0.1, 0.15) is 6.61 Å². The van der Waals surface area contributed by atoms with E-state index in [-0.39, 0.29) is 18.7 Å². The molecule has 0 spiro atoms. The van der Waals surface area contributed by atoms with Gasteiger partial charge in [-0.3, -0.25) is 0 Å². The van der Waals surface area contributed by atoms with Crippen LogP contribution >= 0.6 is 0 Å². The fraction of sp³-hybridized carbons (Fsp3) is 0.700. The molecule has 0 aromatic heterocycles. The van der Waals surface area contributed by atoms with Crippen molar-refractivity contribution in [2.24, 2.45) is 0 Å². The third kappa shape index (κ3) is 9.08. The van der Waals surface area contributed by atoms with E-state index in [0.717, 1.165) is 12.0 Å².